The summed E-state index contributed by atoms with van der Waals surface area (Å²) >= 11 is 3.45. The molecule has 1 saturated carbocycles. The Morgan fingerprint density at radius 3 is 2.94 bits per heavy atom. The molecule has 4 nitrogen and oxygen atoms in total. The van der Waals surface area contributed by atoms with Crippen molar-refractivity contribution in [1.29, 1.82) is 0 Å². The van der Waals surface area contributed by atoms with Gasteiger partial charge in [0.2, 0.25) is 0 Å². The molecule has 2 aromatic rings. The summed E-state index contributed by atoms with van der Waals surface area (Å²) in [6, 6.07) is 6.35. The highest BCUT2D eigenvalue weighted by Crippen LogP contribution is 2.38. The second kappa shape index (κ2) is 3.59. The summed E-state index contributed by atoms with van der Waals surface area (Å²) in [5.74, 6) is 0.862. The molecule has 0 unspecified atom stereocenters. The van der Waals surface area contributed by atoms with Crippen molar-refractivity contribution >= 4 is 21.6 Å². The first-order chi connectivity index (χ1) is 7.75. The van der Waals surface area contributed by atoms with Crippen molar-refractivity contribution < 1.29 is 0 Å². The van der Waals surface area contributed by atoms with Gasteiger partial charge in [0.15, 0.2) is 5.82 Å². The van der Waals surface area contributed by atoms with Gasteiger partial charge in [-0.15, -0.1) is 10.2 Å². The fourth-order valence-corrected chi connectivity index (χ4v) is 2.14. The number of hydrogen-bond donors (Lipinski definition) is 1. The zero-order valence-corrected chi connectivity index (χ0v) is 10.2. The van der Waals surface area contributed by atoms with Crippen LogP contribution >= 0.6 is 15.9 Å². The van der Waals surface area contributed by atoms with Gasteiger partial charge in [0, 0.05) is 21.8 Å². The maximum absolute atomic E-state index is 5.97. The van der Waals surface area contributed by atoms with Crippen LogP contribution in [0.15, 0.2) is 29.0 Å². The number of halogens is 1. The van der Waals surface area contributed by atoms with E-state index < -0.39 is 0 Å². The SMILES string of the molecule is Nc1ccc(Br)cc1-c1nncn1C1CC1. The average Bonchev–Trinajstić information content (AvgIpc) is 3.01. The third kappa shape index (κ3) is 1.61. The van der Waals surface area contributed by atoms with Gasteiger partial charge in [0.1, 0.15) is 6.33 Å². The van der Waals surface area contributed by atoms with E-state index in [0.717, 1.165) is 21.5 Å². The summed E-state index contributed by atoms with van der Waals surface area (Å²) in [5, 5.41) is 8.13. The van der Waals surface area contributed by atoms with Crippen LogP contribution in [-0.2, 0) is 0 Å². The van der Waals surface area contributed by atoms with Crippen LogP contribution < -0.4 is 5.73 Å². The van der Waals surface area contributed by atoms with Gasteiger partial charge >= 0.3 is 0 Å². The second-order valence-corrected chi connectivity index (χ2v) is 4.94. The lowest BCUT2D eigenvalue weighted by atomic mass is 10.1. The Balaban J connectivity index is 2.13. The number of aromatic nitrogens is 3. The lowest BCUT2D eigenvalue weighted by Gasteiger charge is -2.07. The van der Waals surface area contributed by atoms with Crippen LogP contribution in [0.2, 0.25) is 0 Å². The van der Waals surface area contributed by atoms with Crippen molar-refractivity contribution in [2.75, 3.05) is 5.73 Å². The van der Waals surface area contributed by atoms with E-state index in [2.05, 4.69) is 30.7 Å². The lowest BCUT2D eigenvalue weighted by Crippen LogP contribution is -1.99. The Bertz CT molecular complexity index is 531. The zero-order valence-electron chi connectivity index (χ0n) is 8.60. The highest BCUT2D eigenvalue weighted by Gasteiger charge is 2.27. The third-order valence-corrected chi connectivity index (χ3v) is 3.26. The molecule has 1 aromatic carbocycles. The van der Waals surface area contributed by atoms with Crippen molar-refractivity contribution in [3.8, 4) is 11.4 Å². The van der Waals surface area contributed by atoms with Crippen LogP contribution in [0.1, 0.15) is 18.9 Å². The molecule has 2 N–H and O–H groups in total. The van der Waals surface area contributed by atoms with Gasteiger partial charge in [0.05, 0.1) is 0 Å². The van der Waals surface area contributed by atoms with E-state index in [-0.39, 0.29) is 0 Å². The standard InChI is InChI=1S/C11H11BrN4/c12-7-1-4-10(13)9(5-7)11-15-14-6-16(11)8-2-3-8/h1,4-6,8H,2-3,13H2. The van der Waals surface area contributed by atoms with Crippen molar-refractivity contribution in [1.82, 2.24) is 14.8 Å². The predicted octanol–water partition coefficient (Wildman–Crippen LogP) is 2.62. The number of anilines is 1. The maximum Gasteiger partial charge on any atom is 0.166 e. The quantitative estimate of drug-likeness (QED) is 0.860. The van der Waals surface area contributed by atoms with Crippen molar-refractivity contribution in [3.05, 3.63) is 29.0 Å². The molecule has 0 radical (unpaired) electrons. The average molecular weight is 279 g/mol. The van der Waals surface area contributed by atoms with E-state index in [1.165, 1.54) is 12.8 Å². The number of nitrogen functional groups attached to an aromatic ring is 1. The van der Waals surface area contributed by atoms with Crippen LogP contribution in [0.3, 0.4) is 0 Å². The maximum atomic E-state index is 5.97. The predicted molar refractivity (Wildman–Crippen MR) is 65.8 cm³/mol. The Labute approximate surface area is 102 Å². The minimum absolute atomic E-state index is 0.559. The molecule has 0 saturated heterocycles. The molecule has 0 atom stereocenters. The number of hydrogen-bond acceptors (Lipinski definition) is 3. The molecular formula is C11H11BrN4. The Morgan fingerprint density at radius 1 is 1.38 bits per heavy atom. The van der Waals surface area contributed by atoms with E-state index in [1.54, 1.807) is 6.33 Å². The lowest BCUT2D eigenvalue weighted by molar-refractivity contribution is 0.746. The highest BCUT2D eigenvalue weighted by molar-refractivity contribution is 9.10. The van der Waals surface area contributed by atoms with Crippen LogP contribution in [0.5, 0.6) is 0 Å². The fraction of sp³-hybridized carbons (Fsp3) is 0.273. The van der Waals surface area contributed by atoms with Crippen LogP contribution in [0.4, 0.5) is 5.69 Å². The minimum atomic E-state index is 0.559. The topological polar surface area (TPSA) is 56.7 Å². The number of nitrogens with two attached hydrogens (primary N) is 1. The van der Waals surface area contributed by atoms with E-state index in [9.17, 15) is 0 Å². The molecule has 3 rings (SSSR count). The Hall–Kier alpha value is -1.36. The first-order valence-corrected chi connectivity index (χ1v) is 6.00. The molecule has 0 bridgehead atoms. The Morgan fingerprint density at radius 2 is 2.19 bits per heavy atom. The van der Waals surface area contributed by atoms with Crippen LogP contribution in [0, 0.1) is 0 Å². The first-order valence-electron chi connectivity index (χ1n) is 5.20. The third-order valence-electron chi connectivity index (χ3n) is 2.77. The molecule has 1 heterocycles. The first kappa shape index (κ1) is 9.84. The van der Waals surface area contributed by atoms with E-state index in [1.807, 2.05) is 18.2 Å². The van der Waals surface area contributed by atoms with Gasteiger partial charge in [-0.25, -0.2) is 0 Å². The van der Waals surface area contributed by atoms with Crippen LogP contribution in [0.25, 0.3) is 11.4 Å². The normalized spacial score (nSPS) is 15.3. The van der Waals surface area contributed by atoms with Gasteiger partial charge in [-0.2, -0.15) is 0 Å². The molecule has 16 heavy (non-hydrogen) atoms. The van der Waals surface area contributed by atoms with Gasteiger partial charge in [-0.1, -0.05) is 15.9 Å². The largest absolute Gasteiger partial charge is 0.398 e. The molecular weight excluding hydrogens is 268 g/mol. The van der Waals surface area contributed by atoms with Crippen molar-refractivity contribution in [2.24, 2.45) is 0 Å². The van der Waals surface area contributed by atoms with Crippen LogP contribution in [-0.4, -0.2) is 14.8 Å². The van der Waals surface area contributed by atoms with E-state index in [4.69, 9.17) is 5.73 Å². The monoisotopic (exact) mass is 278 g/mol. The summed E-state index contributed by atoms with van der Waals surface area (Å²) in [4.78, 5) is 0. The molecule has 0 spiro atoms. The number of nitrogens with zero attached hydrogens (tertiary/aromatic N) is 3. The summed E-state index contributed by atoms with van der Waals surface area (Å²) in [5.41, 5.74) is 7.65. The smallest absolute Gasteiger partial charge is 0.166 e. The zero-order chi connectivity index (χ0) is 11.1. The fourth-order valence-electron chi connectivity index (χ4n) is 1.78. The van der Waals surface area contributed by atoms with Gasteiger partial charge in [-0.05, 0) is 31.0 Å². The molecule has 0 amide bonds. The molecule has 1 aliphatic carbocycles. The summed E-state index contributed by atoms with van der Waals surface area (Å²) in [6.07, 6.45) is 4.20. The molecule has 1 aromatic heterocycles. The molecule has 5 heteroatoms. The molecule has 1 fully saturated rings. The van der Waals surface area contributed by atoms with Crippen molar-refractivity contribution in [2.45, 2.75) is 18.9 Å². The molecule has 0 aliphatic heterocycles. The Kier molecular flexibility index (Phi) is 2.21. The highest BCUT2D eigenvalue weighted by atomic mass is 79.9. The van der Waals surface area contributed by atoms with Gasteiger partial charge < -0.3 is 10.3 Å². The van der Waals surface area contributed by atoms with Crippen molar-refractivity contribution in [3.63, 3.8) is 0 Å². The number of benzene rings is 1. The molecule has 82 valence electrons. The minimum Gasteiger partial charge on any atom is -0.398 e. The van der Waals surface area contributed by atoms with E-state index >= 15 is 0 Å². The summed E-state index contributed by atoms with van der Waals surface area (Å²) in [6.45, 7) is 0. The number of rotatable bonds is 2. The second-order valence-electron chi connectivity index (χ2n) is 4.02. The van der Waals surface area contributed by atoms with Gasteiger partial charge in [0.25, 0.3) is 0 Å². The van der Waals surface area contributed by atoms with Gasteiger partial charge in [-0.3, -0.25) is 0 Å². The summed E-state index contributed by atoms with van der Waals surface area (Å²) < 4.78 is 3.11. The van der Waals surface area contributed by atoms with E-state index in [0.29, 0.717) is 6.04 Å². The molecule has 1 aliphatic rings. The summed E-state index contributed by atoms with van der Waals surface area (Å²) in [7, 11) is 0.